The van der Waals surface area contributed by atoms with E-state index in [-0.39, 0.29) is 28.9 Å². The molecule has 2 aromatic carbocycles. The SMILES string of the molecule is COc1ccc(Cl)cc1N(CC(=O)N(Cc1ccc(C)cc1)[C@H](C)C(=O)NC(C)(C)C)S(C)(=O)=O. The minimum absolute atomic E-state index is 0.127. The van der Waals surface area contributed by atoms with Gasteiger partial charge in [0.25, 0.3) is 0 Å². The van der Waals surface area contributed by atoms with E-state index in [0.717, 1.165) is 21.7 Å². The molecule has 0 aliphatic heterocycles. The van der Waals surface area contributed by atoms with Gasteiger partial charge in [0.1, 0.15) is 18.3 Å². The van der Waals surface area contributed by atoms with Gasteiger partial charge >= 0.3 is 0 Å². The Kier molecular flexibility index (Phi) is 9.19. The van der Waals surface area contributed by atoms with Crippen LogP contribution >= 0.6 is 11.6 Å². The zero-order valence-electron chi connectivity index (χ0n) is 21.3. The highest BCUT2D eigenvalue weighted by molar-refractivity contribution is 7.92. The highest BCUT2D eigenvalue weighted by Crippen LogP contribution is 2.33. The lowest BCUT2D eigenvalue weighted by Gasteiger charge is -2.33. The highest BCUT2D eigenvalue weighted by Gasteiger charge is 2.32. The fourth-order valence-corrected chi connectivity index (χ4v) is 4.41. The standard InChI is InChI=1S/C25H34ClN3O5S/c1-17-8-10-19(11-9-17)15-28(18(2)24(31)27-25(3,4)5)23(30)16-29(35(7,32)33)21-14-20(26)12-13-22(21)34-6/h8-14,18H,15-16H2,1-7H3,(H,27,31)/t18-/m1/s1. The molecule has 2 aromatic rings. The van der Waals surface area contributed by atoms with Gasteiger partial charge < -0.3 is 15.0 Å². The summed E-state index contributed by atoms with van der Waals surface area (Å²) in [4.78, 5) is 28.0. The van der Waals surface area contributed by atoms with Crippen molar-refractivity contribution < 1.29 is 22.7 Å². The molecule has 192 valence electrons. The van der Waals surface area contributed by atoms with Gasteiger partial charge in [0.05, 0.1) is 19.1 Å². The van der Waals surface area contributed by atoms with Gasteiger partial charge in [-0.25, -0.2) is 8.42 Å². The van der Waals surface area contributed by atoms with Crippen molar-refractivity contribution in [1.29, 1.82) is 0 Å². The maximum atomic E-state index is 13.6. The van der Waals surface area contributed by atoms with E-state index >= 15 is 0 Å². The van der Waals surface area contributed by atoms with E-state index < -0.39 is 34.1 Å². The molecular weight excluding hydrogens is 490 g/mol. The first-order chi connectivity index (χ1) is 16.1. The molecule has 0 bridgehead atoms. The number of nitrogens with one attached hydrogen (secondary N) is 1. The number of carbonyl (C=O) groups is 2. The summed E-state index contributed by atoms with van der Waals surface area (Å²) in [6.07, 6.45) is 1.00. The lowest BCUT2D eigenvalue weighted by atomic mass is 10.1. The van der Waals surface area contributed by atoms with Crippen LogP contribution in [0.2, 0.25) is 5.02 Å². The Hall–Kier alpha value is -2.78. The second-order valence-corrected chi connectivity index (χ2v) is 11.9. The summed E-state index contributed by atoms with van der Waals surface area (Å²) in [7, 11) is -2.50. The van der Waals surface area contributed by atoms with Gasteiger partial charge in [0.2, 0.25) is 21.8 Å². The minimum Gasteiger partial charge on any atom is -0.495 e. The summed E-state index contributed by atoms with van der Waals surface area (Å²) in [6.45, 7) is 8.71. The molecule has 35 heavy (non-hydrogen) atoms. The van der Waals surface area contributed by atoms with Crippen LogP contribution in [0.4, 0.5) is 5.69 Å². The quantitative estimate of drug-likeness (QED) is 0.540. The third-order valence-corrected chi connectivity index (χ3v) is 6.59. The molecule has 0 fully saturated rings. The number of rotatable bonds is 9. The van der Waals surface area contributed by atoms with Crippen LogP contribution in [0.15, 0.2) is 42.5 Å². The van der Waals surface area contributed by atoms with E-state index in [2.05, 4.69) is 5.32 Å². The Labute approximate surface area is 213 Å². The zero-order valence-corrected chi connectivity index (χ0v) is 22.8. The number of sulfonamides is 1. The Morgan fingerprint density at radius 1 is 1.11 bits per heavy atom. The number of carbonyl (C=O) groups excluding carboxylic acids is 2. The molecule has 0 radical (unpaired) electrons. The van der Waals surface area contributed by atoms with Gasteiger partial charge in [0.15, 0.2) is 0 Å². The van der Waals surface area contributed by atoms with Gasteiger partial charge in [-0.05, 0) is 58.4 Å². The van der Waals surface area contributed by atoms with Crippen LogP contribution in [-0.2, 0) is 26.2 Å². The van der Waals surface area contributed by atoms with Crippen LogP contribution in [0.1, 0.15) is 38.8 Å². The summed E-state index contributed by atoms with van der Waals surface area (Å²) in [5.41, 5.74) is 1.50. The fraction of sp³-hybridized carbons (Fsp3) is 0.440. The summed E-state index contributed by atoms with van der Waals surface area (Å²) >= 11 is 6.12. The smallest absolute Gasteiger partial charge is 0.244 e. The van der Waals surface area contributed by atoms with Crippen LogP contribution in [0.25, 0.3) is 0 Å². The highest BCUT2D eigenvalue weighted by atomic mass is 35.5. The molecule has 8 nitrogen and oxygen atoms in total. The van der Waals surface area contributed by atoms with Crippen molar-refractivity contribution in [3.63, 3.8) is 0 Å². The second kappa shape index (κ2) is 11.3. The van der Waals surface area contributed by atoms with Crippen molar-refractivity contribution in [1.82, 2.24) is 10.2 Å². The molecule has 0 aliphatic rings. The summed E-state index contributed by atoms with van der Waals surface area (Å²) in [6, 6.07) is 11.2. The fourth-order valence-electron chi connectivity index (χ4n) is 3.40. The lowest BCUT2D eigenvalue weighted by molar-refractivity contribution is -0.140. The van der Waals surface area contributed by atoms with Crippen molar-refractivity contribution in [2.45, 2.75) is 52.7 Å². The summed E-state index contributed by atoms with van der Waals surface area (Å²) < 4.78 is 31.7. The normalized spacial score (nSPS) is 12.6. The number of benzene rings is 2. The third kappa shape index (κ3) is 8.14. The van der Waals surface area contributed by atoms with Gasteiger partial charge in [-0.2, -0.15) is 0 Å². The Balaban J connectivity index is 2.47. The van der Waals surface area contributed by atoms with Crippen molar-refractivity contribution in [2.24, 2.45) is 0 Å². The number of ether oxygens (including phenoxy) is 1. The van der Waals surface area contributed by atoms with Crippen LogP contribution in [0.3, 0.4) is 0 Å². The van der Waals surface area contributed by atoms with Crippen molar-refractivity contribution >= 4 is 39.1 Å². The van der Waals surface area contributed by atoms with Crippen LogP contribution in [0.5, 0.6) is 5.75 Å². The first-order valence-electron chi connectivity index (χ1n) is 11.1. The van der Waals surface area contributed by atoms with E-state index in [9.17, 15) is 18.0 Å². The monoisotopic (exact) mass is 523 g/mol. The molecule has 1 N–H and O–H groups in total. The Morgan fingerprint density at radius 2 is 1.71 bits per heavy atom. The number of methoxy groups -OCH3 is 1. The van der Waals surface area contributed by atoms with E-state index in [0.29, 0.717) is 0 Å². The predicted molar refractivity (Wildman–Crippen MR) is 139 cm³/mol. The van der Waals surface area contributed by atoms with Crippen LogP contribution < -0.4 is 14.4 Å². The topological polar surface area (TPSA) is 96.0 Å². The first-order valence-corrected chi connectivity index (χ1v) is 13.3. The van der Waals surface area contributed by atoms with Gasteiger partial charge in [0, 0.05) is 17.1 Å². The summed E-state index contributed by atoms with van der Waals surface area (Å²) in [5, 5.41) is 3.18. The second-order valence-electron chi connectivity index (χ2n) is 9.51. The van der Waals surface area contributed by atoms with E-state index in [1.54, 1.807) is 13.0 Å². The van der Waals surface area contributed by atoms with E-state index in [1.807, 2.05) is 52.0 Å². The minimum atomic E-state index is -3.90. The van der Waals surface area contributed by atoms with Gasteiger partial charge in [-0.3, -0.25) is 13.9 Å². The molecule has 1 atom stereocenters. The molecule has 0 aliphatic carbocycles. The molecule has 2 rings (SSSR count). The Morgan fingerprint density at radius 3 is 2.23 bits per heavy atom. The number of hydrogen-bond acceptors (Lipinski definition) is 5. The molecule has 10 heteroatoms. The molecule has 0 saturated carbocycles. The largest absolute Gasteiger partial charge is 0.495 e. The Bertz CT molecular complexity index is 1160. The van der Waals surface area contributed by atoms with E-state index in [1.165, 1.54) is 24.1 Å². The van der Waals surface area contributed by atoms with Gasteiger partial charge in [-0.15, -0.1) is 0 Å². The number of nitrogens with zero attached hydrogens (tertiary/aromatic N) is 2. The number of amides is 2. The molecule has 0 aromatic heterocycles. The average Bonchev–Trinajstić information content (AvgIpc) is 2.74. The molecule has 0 unspecified atom stereocenters. The van der Waals surface area contributed by atoms with Crippen molar-refractivity contribution in [3.05, 3.63) is 58.6 Å². The average molecular weight is 524 g/mol. The lowest BCUT2D eigenvalue weighted by Crippen LogP contribution is -2.54. The van der Waals surface area contributed by atoms with Crippen LogP contribution in [0, 0.1) is 6.92 Å². The number of hydrogen-bond donors (Lipinski definition) is 1. The molecule has 0 spiro atoms. The number of aryl methyl sites for hydroxylation is 1. The van der Waals surface area contributed by atoms with Gasteiger partial charge in [-0.1, -0.05) is 41.4 Å². The zero-order chi connectivity index (χ0) is 26.6. The maximum Gasteiger partial charge on any atom is 0.244 e. The molecule has 2 amide bonds. The maximum absolute atomic E-state index is 13.6. The molecule has 0 saturated heterocycles. The predicted octanol–water partition coefficient (Wildman–Crippen LogP) is 3.76. The third-order valence-electron chi connectivity index (χ3n) is 5.23. The van der Waals surface area contributed by atoms with Crippen molar-refractivity contribution in [3.8, 4) is 5.75 Å². The first kappa shape index (κ1) is 28.5. The number of halogens is 1. The van der Waals surface area contributed by atoms with Crippen molar-refractivity contribution in [2.75, 3.05) is 24.2 Å². The van der Waals surface area contributed by atoms with Crippen LogP contribution in [-0.4, -0.2) is 56.6 Å². The molecule has 0 heterocycles. The van der Waals surface area contributed by atoms with E-state index in [4.69, 9.17) is 16.3 Å². The number of anilines is 1. The molecular formula is C25H34ClN3O5S. The summed E-state index contributed by atoms with van der Waals surface area (Å²) in [5.74, 6) is -0.643.